The lowest BCUT2D eigenvalue weighted by Crippen LogP contribution is -2.68. The van der Waals surface area contributed by atoms with Crippen molar-refractivity contribution in [3.8, 4) is 0 Å². The Kier molecular flexibility index (Phi) is 7.97. The van der Waals surface area contributed by atoms with E-state index in [1.807, 2.05) is 0 Å². The van der Waals surface area contributed by atoms with Gasteiger partial charge in [0.1, 0.15) is 18.3 Å². The van der Waals surface area contributed by atoms with Crippen LogP contribution in [0.4, 0.5) is 0 Å². The number of fused-ring (bicyclic) bond motifs is 7. The lowest BCUT2D eigenvalue weighted by Gasteiger charge is -2.70. The summed E-state index contributed by atoms with van der Waals surface area (Å²) in [5.74, 6) is -1.08. The molecule has 0 aromatic heterocycles. The van der Waals surface area contributed by atoms with E-state index in [0.29, 0.717) is 31.6 Å². The van der Waals surface area contributed by atoms with Gasteiger partial charge >= 0.3 is 11.9 Å². The third kappa shape index (κ3) is 4.28. The molecule has 0 radical (unpaired) electrons. The number of allylic oxidation sites excluding steroid dienone is 1. The first-order valence-electron chi connectivity index (χ1n) is 17.4. The van der Waals surface area contributed by atoms with Crippen molar-refractivity contribution in [2.75, 3.05) is 0 Å². The third-order valence-electron chi connectivity index (χ3n) is 15.3. The molecule has 5 fully saturated rings. The van der Waals surface area contributed by atoms with Crippen molar-refractivity contribution in [3.05, 3.63) is 11.6 Å². The van der Waals surface area contributed by atoms with E-state index in [9.17, 15) is 35.1 Å². The number of hydrogen-bond acceptors (Lipinski definition) is 7. The maximum atomic E-state index is 13.8. The summed E-state index contributed by atoms with van der Waals surface area (Å²) in [6.07, 6.45) is 2.36. The molecule has 45 heavy (non-hydrogen) atoms. The molecule has 0 aromatic rings. The fraction of sp³-hybridized carbons (Fsp3) is 0.889. The molecule has 9 nitrogen and oxygen atoms in total. The van der Waals surface area contributed by atoms with Gasteiger partial charge in [0, 0.05) is 0 Å². The molecule has 0 aromatic carbocycles. The first-order valence-corrected chi connectivity index (χ1v) is 17.4. The minimum absolute atomic E-state index is 0.0958. The minimum Gasteiger partial charge on any atom is -0.481 e. The number of aliphatic hydroxyl groups excluding tert-OH is 3. The van der Waals surface area contributed by atoms with Gasteiger partial charge in [-0.25, -0.2) is 0 Å². The molecule has 1 saturated heterocycles. The Morgan fingerprint density at radius 3 is 2.16 bits per heavy atom. The number of carboxylic acid groups (broad SMARTS) is 2. The highest BCUT2D eigenvalue weighted by molar-refractivity contribution is 5.84. The summed E-state index contributed by atoms with van der Waals surface area (Å²) in [7, 11) is 0. The molecule has 6 aliphatic rings. The predicted molar refractivity (Wildman–Crippen MR) is 166 cm³/mol. The van der Waals surface area contributed by atoms with Crippen LogP contribution in [0.3, 0.4) is 0 Å². The van der Waals surface area contributed by atoms with Crippen LogP contribution >= 0.6 is 0 Å². The Balaban J connectivity index is 1.35. The highest BCUT2D eigenvalue weighted by Crippen LogP contribution is 2.76. The summed E-state index contributed by atoms with van der Waals surface area (Å²) in [4.78, 5) is 26.8. The van der Waals surface area contributed by atoms with Crippen LogP contribution in [0.2, 0.25) is 0 Å². The average molecular weight is 633 g/mol. The molecule has 9 heteroatoms. The zero-order valence-corrected chi connectivity index (χ0v) is 28.2. The van der Waals surface area contributed by atoms with Crippen LogP contribution in [-0.2, 0) is 19.1 Å². The van der Waals surface area contributed by atoms with E-state index in [1.54, 1.807) is 6.92 Å². The van der Waals surface area contributed by atoms with Crippen molar-refractivity contribution in [1.82, 2.24) is 0 Å². The van der Waals surface area contributed by atoms with E-state index in [0.717, 1.165) is 37.7 Å². The largest absolute Gasteiger partial charge is 0.481 e. The van der Waals surface area contributed by atoms with E-state index in [1.165, 1.54) is 0 Å². The standard InChI is InChI=1S/C36H56O9/c1-18-10-15-35(30(40)41)16-17-36(31(42)43)21(25(35)19(18)2)8-9-23-33(6)13-12-24(32(4,5)22(33)11-14-34(23,36)7)45-29-28(39)27(38)26(37)20(3)44-29/h8,18-20,22-29,37-39H,9-17H2,1-7H3,(H,40,41)(H,42,43)/t18-,19+,20?,22+,23-,24+,25+,26?,27?,28?,29?,33+,34-,35+,36-/m1/s1. The highest BCUT2D eigenvalue weighted by Gasteiger charge is 2.73. The van der Waals surface area contributed by atoms with Crippen molar-refractivity contribution < 1.29 is 44.6 Å². The molecule has 254 valence electrons. The number of aliphatic carboxylic acids is 2. The summed E-state index contributed by atoms with van der Waals surface area (Å²) in [6.45, 7) is 15.0. The number of hydrogen-bond donors (Lipinski definition) is 5. The van der Waals surface area contributed by atoms with Crippen LogP contribution in [0.25, 0.3) is 0 Å². The first-order chi connectivity index (χ1) is 20.9. The molecule has 5 unspecified atom stereocenters. The van der Waals surface area contributed by atoms with Crippen molar-refractivity contribution in [2.24, 2.45) is 56.7 Å². The fourth-order valence-corrected chi connectivity index (χ4v) is 12.5. The second-order valence-electron chi connectivity index (χ2n) is 17.2. The van der Waals surface area contributed by atoms with E-state index < -0.39 is 58.9 Å². The van der Waals surface area contributed by atoms with Crippen molar-refractivity contribution >= 4 is 11.9 Å². The minimum atomic E-state index is -1.36. The molecule has 1 heterocycles. The first kappa shape index (κ1) is 33.4. The molecule has 5 aliphatic carbocycles. The zero-order chi connectivity index (χ0) is 33.1. The van der Waals surface area contributed by atoms with Crippen LogP contribution in [0.1, 0.15) is 106 Å². The normalized spacial score (nSPS) is 54.0. The van der Waals surface area contributed by atoms with E-state index in [4.69, 9.17) is 9.47 Å². The molecular formula is C36H56O9. The quantitative estimate of drug-likeness (QED) is 0.213. The van der Waals surface area contributed by atoms with E-state index in [2.05, 4.69) is 47.6 Å². The molecule has 0 bridgehead atoms. The molecule has 5 N–H and O–H groups in total. The van der Waals surface area contributed by atoms with Gasteiger partial charge in [-0.1, -0.05) is 53.2 Å². The van der Waals surface area contributed by atoms with Gasteiger partial charge in [0.25, 0.3) is 0 Å². The molecule has 0 amide bonds. The Labute approximate surface area is 267 Å². The lowest BCUT2D eigenvalue weighted by atomic mass is 9.33. The van der Waals surface area contributed by atoms with Crippen molar-refractivity contribution in [1.29, 1.82) is 0 Å². The van der Waals surface area contributed by atoms with Crippen LogP contribution in [0.15, 0.2) is 11.6 Å². The van der Waals surface area contributed by atoms with Gasteiger partial charge in [-0.15, -0.1) is 0 Å². The maximum Gasteiger partial charge on any atom is 0.314 e. The molecule has 1 aliphatic heterocycles. The van der Waals surface area contributed by atoms with Gasteiger partial charge < -0.3 is 35.0 Å². The summed E-state index contributed by atoms with van der Waals surface area (Å²) < 4.78 is 12.3. The van der Waals surface area contributed by atoms with Gasteiger partial charge in [0.05, 0.1) is 23.0 Å². The van der Waals surface area contributed by atoms with Crippen LogP contribution in [0.5, 0.6) is 0 Å². The smallest absolute Gasteiger partial charge is 0.314 e. The molecule has 0 spiro atoms. The molecule has 6 rings (SSSR count). The van der Waals surface area contributed by atoms with Crippen LogP contribution < -0.4 is 0 Å². The second-order valence-corrected chi connectivity index (χ2v) is 17.2. The average Bonchev–Trinajstić information content (AvgIpc) is 2.97. The topological polar surface area (TPSA) is 154 Å². The van der Waals surface area contributed by atoms with Gasteiger partial charge in [-0.3, -0.25) is 9.59 Å². The van der Waals surface area contributed by atoms with Crippen molar-refractivity contribution in [2.45, 2.75) is 143 Å². The van der Waals surface area contributed by atoms with Crippen LogP contribution in [-0.4, -0.2) is 74.3 Å². The maximum absolute atomic E-state index is 13.8. The number of carboxylic acids is 2. The number of carbonyl (C=O) groups is 2. The van der Waals surface area contributed by atoms with Crippen molar-refractivity contribution in [3.63, 3.8) is 0 Å². The second kappa shape index (κ2) is 10.7. The van der Waals surface area contributed by atoms with Crippen LogP contribution in [0, 0.1) is 56.7 Å². The molecule has 4 saturated carbocycles. The summed E-state index contributed by atoms with van der Waals surface area (Å²) in [5, 5.41) is 53.2. The number of aliphatic hydroxyl groups is 3. The number of rotatable bonds is 4. The fourth-order valence-electron chi connectivity index (χ4n) is 12.5. The Bertz CT molecular complexity index is 1250. The summed E-state index contributed by atoms with van der Waals surface area (Å²) in [5.41, 5.74) is -2.13. The number of ether oxygens (including phenoxy) is 2. The lowest BCUT2D eigenvalue weighted by molar-refractivity contribution is -0.324. The SMILES string of the molecule is CC1OC(O[C@H]2CC[C@]3(C)[C@H]4CC=C5[C@@H]6[C@@H](C)[C@H](C)CC[C@]6(C(=O)O)CC[C@@]5(C(=O)O)[C@]4(C)CC[C@H]3C2(C)C)C(O)C(O)C1O. The Morgan fingerprint density at radius 1 is 0.822 bits per heavy atom. The monoisotopic (exact) mass is 632 g/mol. The Hall–Kier alpha value is -1.52. The van der Waals surface area contributed by atoms with Gasteiger partial charge in [0.15, 0.2) is 6.29 Å². The van der Waals surface area contributed by atoms with Gasteiger partial charge in [-0.05, 0) is 111 Å². The summed E-state index contributed by atoms with van der Waals surface area (Å²) >= 11 is 0. The van der Waals surface area contributed by atoms with Gasteiger partial charge in [0.2, 0.25) is 0 Å². The van der Waals surface area contributed by atoms with E-state index >= 15 is 0 Å². The Morgan fingerprint density at radius 2 is 1.51 bits per heavy atom. The summed E-state index contributed by atoms with van der Waals surface area (Å²) in [6, 6.07) is 0. The molecular weight excluding hydrogens is 576 g/mol. The highest BCUT2D eigenvalue weighted by atomic mass is 16.7. The molecule has 15 atom stereocenters. The zero-order valence-electron chi connectivity index (χ0n) is 28.2. The van der Waals surface area contributed by atoms with Gasteiger partial charge in [-0.2, -0.15) is 0 Å². The van der Waals surface area contributed by atoms with E-state index in [-0.39, 0.29) is 40.6 Å². The predicted octanol–water partition coefficient (Wildman–Crippen LogP) is 5.01. The third-order valence-corrected chi connectivity index (χ3v) is 15.3.